The number of nitrogens with zero attached hydrogens (tertiary/aromatic N) is 2. The number of nitrogens with one attached hydrogen (secondary N) is 1. The van der Waals surface area contributed by atoms with Gasteiger partial charge < -0.3 is 16.0 Å². The number of carbonyl (C=O) groups is 2. The molecule has 3 aromatic rings. The first-order chi connectivity index (χ1) is 15.6. The van der Waals surface area contributed by atoms with E-state index in [1.54, 1.807) is 4.90 Å². The minimum Gasteiger partial charge on any atom is -0.371 e. The van der Waals surface area contributed by atoms with Crippen molar-refractivity contribution in [1.29, 1.82) is 0 Å². The number of rotatable bonds is 4. The molecule has 0 radical (unpaired) electrons. The molecular weight excluding hydrogens is 440 g/mol. The first kappa shape index (κ1) is 22.5. The number of anilines is 2. The zero-order valence-corrected chi connectivity index (χ0v) is 17.4. The number of halogens is 4. The second-order valence-electron chi connectivity index (χ2n) is 7.93. The molecule has 0 unspecified atom stereocenters. The van der Waals surface area contributed by atoms with Crippen LogP contribution in [0, 0.1) is 11.6 Å². The number of pyridine rings is 1. The number of hydrogen-bond donors (Lipinski definition) is 2. The Labute approximate surface area is 186 Å². The maximum absolute atomic E-state index is 14.0. The van der Waals surface area contributed by atoms with Crippen LogP contribution in [-0.2, 0) is 0 Å². The molecule has 0 bridgehead atoms. The first-order valence-electron chi connectivity index (χ1n) is 10.3. The molecule has 0 aliphatic carbocycles. The molecular formula is C23H20F4N4O2. The Kier molecular flexibility index (Phi) is 5.92. The van der Waals surface area contributed by atoms with Crippen molar-refractivity contribution in [2.45, 2.75) is 25.2 Å². The molecule has 2 aromatic carbocycles. The lowest BCUT2D eigenvalue weighted by Crippen LogP contribution is -2.26. The van der Waals surface area contributed by atoms with Gasteiger partial charge in [0.05, 0.1) is 0 Å². The summed E-state index contributed by atoms with van der Waals surface area (Å²) >= 11 is 0. The van der Waals surface area contributed by atoms with E-state index in [9.17, 15) is 27.2 Å². The van der Waals surface area contributed by atoms with E-state index in [1.807, 2.05) is 0 Å². The van der Waals surface area contributed by atoms with Gasteiger partial charge in [0.2, 0.25) is 5.92 Å². The van der Waals surface area contributed by atoms with Gasteiger partial charge in [-0.15, -0.1) is 0 Å². The van der Waals surface area contributed by atoms with Crippen LogP contribution < -0.4 is 16.0 Å². The monoisotopic (exact) mass is 460 g/mol. The Bertz CT molecular complexity index is 1250. The zero-order chi connectivity index (χ0) is 23.8. The number of amides is 2. The van der Waals surface area contributed by atoms with Crippen LogP contribution in [0.25, 0.3) is 10.8 Å². The fraction of sp³-hybridized carbons (Fsp3) is 0.261. The maximum Gasteiger partial charge on any atom is 0.267 e. The Morgan fingerprint density at radius 2 is 1.79 bits per heavy atom. The standard InChI is InChI=1S/C23H20F4N4O2/c24-17-9-13-8-14(22(33)30-15-2-5-29-19(11-15)21(28)32)10-20(16(13)12-18(17)25)31-6-1-3-23(26,27)4-7-31/h2,5,8-12H,1,3-4,6-7H2,(H2,28,32)(H,29,30,33). The molecule has 172 valence electrons. The third kappa shape index (κ3) is 4.89. The van der Waals surface area contributed by atoms with E-state index in [-0.39, 0.29) is 54.7 Å². The topological polar surface area (TPSA) is 88.3 Å². The summed E-state index contributed by atoms with van der Waals surface area (Å²) in [6.07, 6.45) is 0.856. The smallest absolute Gasteiger partial charge is 0.267 e. The Hall–Kier alpha value is -3.69. The van der Waals surface area contributed by atoms with Gasteiger partial charge in [-0.3, -0.25) is 14.6 Å². The number of benzene rings is 2. The number of carbonyl (C=O) groups excluding carboxylic acids is 2. The summed E-state index contributed by atoms with van der Waals surface area (Å²) < 4.78 is 55.7. The summed E-state index contributed by atoms with van der Waals surface area (Å²) in [4.78, 5) is 29.7. The van der Waals surface area contributed by atoms with Crippen molar-refractivity contribution < 1.29 is 27.2 Å². The molecule has 4 rings (SSSR count). The minimum atomic E-state index is -2.81. The van der Waals surface area contributed by atoms with Crippen LogP contribution in [0.3, 0.4) is 0 Å². The van der Waals surface area contributed by atoms with E-state index in [1.165, 1.54) is 30.5 Å². The van der Waals surface area contributed by atoms with Crippen LogP contribution in [0.1, 0.15) is 40.1 Å². The van der Waals surface area contributed by atoms with Gasteiger partial charge in [0, 0.05) is 54.5 Å². The lowest BCUT2D eigenvalue weighted by Gasteiger charge is -2.25. The molecule has 6 nitrogen and oxygen atoms in total. The SMILES string of the molecule is NC(=O)c1cc(NC(=O)c2cc(N3CCCC(F)(F)CC3)c3cc(F)c(F)cc3c2)ccn1. The number of aromatic nitrogens is 1. The van der Waals surface area contributed by atoms with Gasteiger partial charge in [-0.2, -0.15) is 0 Å². The first-order valence-corrected chi connectivity index (χ1v) is 10.3. The highest BCUT2D eigenvalue weighted by Crippen LogP contribution is 2.35. The van der Waals surface area contributed by atoms with Gasteiger partial charge in [0.15, 0.2) is 11.6 Å². The van der Waals surface area contributed by atoms with Crippen molar-refractivity contribution in [3.05, 3.63) is 65.5 Å². The van der Waals surface area contributed by atoms with Crippen molar-refractivity contribution in [1.82, 2.24) is 4.98 Å². The Balaban J connectivity index is 1.74. The summed E-state index contributed by atoms with van der Waals surface area (Å²) in [5.41, 5.74) is 5.89. The summed E-state index contributed by atoms with van der Waals surface area (Å²) in [6, 6.07) is 7.59. The van der Waals surface area contributed by atoms with Gasteiger partial charge in [0.25, 0.3) is 11.8 Å². The van der Waals surface area contributed by atoms with Gasteiger partial charge in [0.1, 0.15) is 5.69 Å². The maximum atomic E-state index is 14.0. The van der Waals surface area contributed by atoms with Crippen molar-refractivity contribution in [2.75, 3.05) is 23.3 Å². The third-order valence-corrected chi connectivity index (χ3v) is 5.56. The summed E-state index contributed by atoms with van der Waals surface area (Å²) in [5, 5.41) is 3.17. The van der Waals surface area contributed by atoms with Crippen LogP contribution >= 0.6 is 0 Å². The molecule has 1 aromatic heterocycles. The van der Waals surface area contributed by atoms with Crippen LogP contribution in [0.4, 0.5) is 28.9 Å². The van der Waals surface area contributed by atoms with E-state index in [0.717, 1.165) is 12.1 Å². The molecule has 1 aliphatic rings. The summed E-state index contributed by atoms with van der Waals surface area (Å²) in [6.45, 7) is 0.277. The molecule has 0 saturated carbocycles. The fourth-order valence-electron chi connectivity index (χ4n) is 3.88. The number of primary amides is 1. The normalized spacial score (nSPS) is 15.8. The van der Waals surface area contributed by atoms with Crippen LogP contribution in [0.2, 0.25) is 0 Å². The minimum absolute atomic E-state index is 0.00149. The zero-order valence-electron chi connectivity index (χ0n) is 17.4. The van der Waals surface area contributed by atoms with Crippen molar-refractivity contribution in [3.8, 4) is 0 Å². The highest BCUT2D eigenvalue weighted by Gasteiger charge is 2.32. The molecule has 10 heteroatoms. The summed E-state index contributed by atoms with van der Waals surface area (Å²) in [7, 11) is 0. The van der Waals surface area contributed by atoms with Crippen LogP contribution in [0.5, 0.6) is 0 Å². The van der Waals surface area contributed by atoms with Crippen LogP contribution in [0.15, 0.2) is 42.6 Å². The van der Waals surface area contributed by atoms with Crippen molar-refractivity contribution in [3.63, 3.8) is 0 Å². The van der Waals surface area contributed by atoms with Crippen molar-refractivity contribution >= 4 is 34.0 Å². The third-order valence-electron chi connectivity index (χ3n) is 5.56. The second kappa shape index (κ2) is 8.68. The molecule has 2 amide bonds. The Morgan fingerprint density at radius 1 is 1.03 bits per heavy atom. The number of nitrogens with two attached hydrogens (primary N) is 1. The van der Waals surface area contributed by atoms with Gasteiger partial charge >= 0.3 is 0 Å². The van der Waals surface area contributed by atoms with Gasteiger partial charge in [-0.1, -0.05) is 0 Å². The highest BCUT2D eigenvalue weighted by molar-refractivity contribution is 6.09. The van der Waals surface area contributed by atoms with Gasteiger partial charge in [-0.25, -0.2) is 17.6 Å². The molecule has 0 atom stereocenters. The van der Waals surface area contributed by atoms with E-state index < -0.39 is 29.4 Å². The lowest BCUT2D eigenvalue weighted by atomic mass is 10.0. The molecule has 2 heterocycles. The van der Waals surface area contributed by atoms with Crippen LogP contribution in [-0.4, -0.2) is 35.8 Å². The molecule has 33 heavy (non-hydrogen) atoms. The van der Waals surface area contributed by atoms with E-state index in [4.69, 9.17) is 5.73 Å². The van der Waals surface area contributed by atoms with Crippen molar-refractivity contribution in [2.24, 2.45) is 5.73 Å². The number of fused-ring (bicyclic) bond motifs is 1. The van der Waals surface area contributed by atoms with E-state index in [2.05, 4.69) is 10.3 Å². The lowest BCUT2D eigenvalue weighted by molar-refractivity contribution is -0.0102. The predicted molar refractivity (Wildman–Crippen MR) is 116 cm³/mol. The van der Waals surface area contributed by atoms with Gasteiger partial charge in [-0.05, 0) is 48.2 Å². The second-order valence-corrected chi connectivity index (χ2v) is 7.93. The quantitative estimate of drug-likeness (QED) is 0.562. The average Bonchev–Trinajstić information content (AvgIpc) is 2.94. The number of alkyl halides is 2. The molecule has 3 N–H and O–H groups in total. The molecule has 0 spiro atoms. The molecule has 1 aliphatic heterocycles. The predicted octanol–water partition coefficient (Wildman–Crippen LogP) is 4.49. The fourth-order valence-corrected chi connectivity index (χ4v) is 3.88. The number of hydrogen-bond acceptors (Lipinski definition) is 4. The average molecular weight is 460 g/mol. The molecule has 1 fully saturated rings. The summed E-state index contributed by atoms with van der Waals surface area (Å²) in [5.74, 6) is -6.33. The molecule has 1 saturated heterocycles. The van der Waals surface area contributed by atoms with E-state index in [0.29, 0.717) is 11.1 Å². The highest BCUT2D eigenvalue weighted by atomic mass is 19.3. The van der Waals surface area contributed by atoms with E-state index >= 15 is 0 Å². The largest absolute Gasteiger partial charge is 0.371 e. The Morgan fingerprint density at radius 3 is 2.55 bits per heavy atom.